The smallest absolute Gasteiger partial charge is 0.335 e. The molecule has 0 bridgehead atoms. The Bertz CT molecular complexity index is 887. The average Bonchev–Trinajstić information content (AvgIpc) is 2.80. The summed E-state index contributed by atoms with van der Waals surface area (Å²) in [6.45, 7) is -1.56. The number of urea groups is 1. The predicted molar refractivity (Wildman–Crippen MR) is 108 cm³/mol. The van der Waals surface area contributed by atoms with Gasteiger partial charge in [-0.25, -0.2) is 9.69 Å². The minimum atomic E-state index is -1.52. The Labute approximate surface area is 179 Å². The molecule has 1 unspecified atom stereocenters. The first-order valence-corrected chi connectivity index (χ1v) is 9.74. The molecule has 3 rings (SSSR count). The molecule has 2 N–H and O–H groups in total. The van der Waals surface area contributed by atoms with Crippen molar-refractivity contribution >= 4 is 17.8 Å². The Morgan fingerprint density at radius 3 is 1.94 bits per heavy atom. The van der Waals surface area contributed by atoms with Gasteiger partial charge in [0.25, 0.3) is 11.8 Å². The molecule has 0 aliphatic carbocycles. The minimum absolute atomic E-state index is 0.000949. The van der Waals surface area contributed by atoms with Crippen LogP contribution in [0.2, 0.25) is 0 Å². The second kappa shape index (κ2) is 10.8. The first-order valence-electron chi connectivity index (χ1n) is 9.74. The lowest BCUT2D eigenvalue weighted by Gasteiger charge is -2.36. The standard InChI is InChI=1S/C22H24N2O7/c25-12-18(13-26)31-15-24-21(28)19(30-14-17-9-5-2-6-10-17)20(27)23(22(24)29)11-16-7-3-1-4-8-16/h1-10,18-19,25-26H,11-15H2. The molecule has 1 heterocycles. The number of hydrogen-bond donors (Lipinski definition) is 2. The SMILES string of the molecule is O=C1C(OCc2ccccc2)C(=O)N(Cc2ccccc2)C(=O)N1COC(CO)CO. The molecule has 1 aliphatic heterocycles. The Morgan fingerprint density at radius 2 is 1.35 bits per heavy atom. The second-order valence-corrected chi connectivity index (χ2v) is 6.92. The fourth-order valence-corrected chi connectivity index (χ4v) is 2.99. The number of hydrogen-bond acceptors (Lipinski definition) is 7. The lowest BCUT2D eigenvalue weighted by molar-refractivity contribution is -0.167. The number of benzene rings is 2. The first-order chi connectivity index (χ1) is 15.0. The summed E-state index contributed by atoms with van der Waals surface area (Å²) in [6, 6.07) is 17.0. The van der Waals surface area contributed by atoms with Gasteiger partial charge in [-0.1, -0.05) is 60.7 Å². The van der Waals surface area contributed by atoms with Gasteiger partial charge in [0.05, 0.1) is 26.4 Å². The third-order valence-corrected chi connectivity index (χ3v) is 4.73. The third kappa shape index (κ3) is 5.53. The number of ether oxygens (including phenoxy) is 2. The van der Waals surface area contributed by atoms with Gasteiger partial charge >= 0.3 is 6.03 Å². The normalized spacial score (nSPS) is 17.0. The van der Waals surface area contributed by atoms with Gasteiger partial charge < -0.3 is 19.7 Å². The van der Waals surface area contributed by atoms with Gasteiger partial charge in [-0.2, -0.15) is 0 Å². The van der Waals surface area contributed by atoms with E-state index in [-0.39, 0.29) is 13.2 Å². The zero-order chi connectivity index (χ0) is 22.2. The molecule has 0 aromatic heterocycles. The number of rotatable bonds is 10. The summed E-state index contributed by atoms with van der Waals surface area (Å²) in [5.41, 5.74) is 1.46. The van der Waals surface area contributed by atoms with E-state index in [1.54, 1.807) is 48.5 Å². The Hall–Kier alpha value is -3.11. The van der Waals surface area contributed by atoms with Crippen molar-refractivity contribution in [2.24, 2.45) is 0 Å². The fraction of sp³-hybridized carbons (Fsp3) is 0.318. The Morgan fingerprint density at radius 1 is 0.806 bits per heavy atom. The highest BCUT2D eigenvalue weighted by molar-refractivity contribution is 6.18. The summed E-state index contributed by atoms with van der Waals surface area (Å²) in [6.07, 6.45) is -2.49. The van der Waals surface area contributed by atoms with Gasteiger partial charge in [0.15, 0.2) is 0 Å². The molecule has 2 aromatic carbocycles. The largest absolute Gasteiger partial charge is 0.394 e. The van der Waals surface area contributed by atoms with Gasteiger partial charge in [0.1, 0.15) is 12.8 Å². The maximum Gasteiger partial charge on any atom is 0.335 e. The van der Waals surface area contributed by atoms with E-state index in [0.29, 0.717) is 5.56 Å². The first kappa shape index (κ1) is 22.6. The van der Waals surface area contributed by atoms with Crippen LogP contribution in [-0.4, -0.2) is 70.0 Å². The van der Waals surface area contributed by atoms with E-state index >= 15 is 0 Å². The molecule has 0 saturated carbocycles. The van der Waals surface area contributed by atoms with Crippen LogP contribution >= 0.6 is 0 Å². The van der Waals surface area contributed by atoms with Crippen LogP contribution in [0.4, 0.5) is 4.79 Å². The van der Waals surface area contributed by atoms with Crippen LogP contribution in [0.15, 0.2) is 60.7 Å². The van der Waals surface area contributed by atoms with E-state index in [1.807, 2.05) is 12.1 Å². The number of aliphatic hydroxyl groups is 2. The summed E-state index contributed by atoms with van der Waals surface area (Å²) in [4.78, 5) is 40.5. The second-order valence-electron chi connectivity index (χ2n) is 6.92. The average molecular weight is 428 g/mol. The Balaban J connectivity index is 1.81. The zero-order valence-corrected chi connectivity index (χ0v) is 16.8. The number of aliphatic hydroxyl groups excluding tert-OH is 2. The van der Waals surface area contributed by atoms with Crippen LogP contribution in [0.5, 0.6) is 0 Å². The highest BCUT2D eigenvalue weighted by Gasteiger charge is 2.47. The lowest BCUT2D eigenvalue weighted by Crippen LogP contribution is -2.63. The van der Waals surface area contributed by atoms with Gasteiger partial charge in [0.2, 0.25) is 6.10 Å². The maximum atomic E-state index is 13.0. The lowest BCUT2D eigenvalue weighted by atomic mass is 10.1. The van der Waals surface area contributed by atoms with Gasteiger partial charge in [-0.3, -0.25) is 14.5 Å². The van der Waals surface area contributed by atoms with E-state index < -0.39 is 50.0 Å². The van der Waals surface area contributed by atoms with E-state index in [4.69, 9.17) is 9.47 Å². The number of barbiturate groups is 1. The van der Waals surface area contributed by atoms with E-state index in [2.05, 4.69) is 0 Å². The van der Waals surface area contributed by atoms with Crippen LogP contribution in [0.25, 0.3) is 0 Å². The molecule has 1 atom stereocenters. The molecular formula is C22H24N2O7. The van der Waals surface area contributed by atoms with Crippen molar-refractivity contribution < 1.29 is 34.1 Å². The van der Waals surface area contributed by atoms with Crippen molar-refractivity contribution in [1.29, 1.82) is 0 Å². The van der Waals surface area contributed by atoms with Crippen LogP contribution in [0, 0.1) is 0 Å². The fourth-order valence-electron chi connectivity index (χ4n) is 2.99. The molecule has 9 nitrogen and oxygen atoms in total. The van der Waals surface area contributed by atoms with Crippen LogP contribution in [0.3, 0.4) is 0 Å². The minimum Gasteiger partial charge on any atom is -0.394 e. The highest BCUT2D eigenvalue weighted by Crippen LogP contribution is 2.20. The van der Waals surface area contributed by atoms with Crippen molar-refractivity contribution in [2.45, 2.75) is 25.4 Å². The van der Waals surface area contributed by atoms with Crippen molar-refractivity contribution in [2.75, 3.05) is 19.9 Å². The molecule has 4 amide bonds. The molecule has 2 aromatic rings. The molecule has 0 spiro atoms. The zero-order valence-electron chi connectivity index (χ0n) is 16.8. The Kier molecular flexibility index (Phi) is 7.85. The van der Waals surface area contributed by atoms with Gasteiger partial charge in [-0.05, 0) is 11.1 Å². The monoisotopic (exact) mass is 428 g/mol. The number of carbonyl (C=O) groups is 3. The quantitative estimate of drug-likeness (QED) is 0.540. The third-order valence-electron chi connectivity index (χ3n) is 4.73. The number of carbonyl (C=O) groups excluding carboxylic acids is 3. The molecular weight excluding hydrogens is 404 g/mol. The summed E-state index contributed by atoms with van der Waals surface area (Å²) in [5.74, 6) is -1.61. The summed E-state index contributed by atoms with van der Waals surface area (Å²) in [5, 5.41) is 18.4. The summed E-state index contributed by atoms with van der Waals surface area (Å²) in [7, 11) is 0. The summed E-state index contributed by atoms with van der Waals surface area (Å²) >= 11 is 0. The van der Waals surface area contributed by atoms with Gasteiger partial charge in [-0.15, -0.1) is 0 Å². The molecule has 1 fully saturated rings. The molecule has 0 radical (unpaired) electrons. The van der Waals surface area contributed by atoms with Crippen molar-refractivity contribution in [3.8, 4) is 0 Å². The topological polar surface area (TPSA) is 117 Å². The van der Waals surface area contributed by atoms with E-state index in [1.165, 1.54) is 0 Å². The van der Waals surface area contributed by atoms with Crippen LogP contribution in [0.1, 0.15) is 11.1 Å². The van der Waals surface area contributed by atoms with Crippen LogP contribution in [-0.2, 0) is 32.2 Å². The number of imide groups is 2. The predicted octanol–water partition coefficient (Wildman–Crippen LogP) is 0.890. The van der Waals surface area contributed by atoms with Gasteiger partial charge in [0, 0.05) is 0 Å². The molecule has 9 heteroatoms. The summed E-state index contributed by atoms with van der Waals surface area (Å²) < 4.78 is 10.9. The van der Waals surface area contributed by atoms with E-state index in [0.717, 1.165) is 15.4 Å². The number of nitrogens with zero attached hydrogens (tertiary/aromatic N) is 2. The number of amides is 4. The maximum absolute atomic E-state index is 13.0. The van der Waals surface area contributed by atoms with Crippen molar-refractivity contribution in [1.82, 2.24) is 9.80 Å². The highest BCUT2D eigenvalue weighted by atomic mass is 16.5. The van der Waals surface area contributed by atoms with Crippen molar-refractivity contribution in [3.05, 3.63) is 71.8 Å². The molecule has 1 saturated heterocycles. The molecule has 31 heavy (non-hydrogen) atoms. The molecule has 164 valence electrons. The van der Waals surface area contributed by atoms with E-state index in [9.17, 15) is 24.6 Å². The molecule has 1 aliphatic rings. The van der Waals surface area contributed by atoms with Crippen LogP contribution < -0.4 is 0 Å². The van der Waals surface area contributed by atoms with Crippen molar-refractivity contribution in [3.63, 3.8) is 0 Å².